The molecule has 0 atom stereocenters. The minimum Gasteiger partial charge on any atom is -0.477 e. The van der Waals surface area contributed by atoms with Crippen molar-refractivity contribution in [1.82, 2.24) is 10.2 Å². The largest absolute Gasteiger partial charge is 0.477 e. The summed E-state index contributed by atoms with van der Waals surface area (Å²) in [5.41, 5.74) is 6.25. The molecule has 0 amide bonds. The first-order chi connectivity index (χ1) is 8.00. The van der Waals surface area contributed by atoms with Crippen LogP contribution in [0.15, 0.2) is 18.2 Å². The Balaban J connectivity index is 2.67. The molecular weight excluding hydrogens is 265 g/mol. The fraction of sp³-hybridized carbons (Fsp3) is 0. The Morgan fingerprint density at radius 1 is 1.41 bits per heavy atom. The molecule has 17 heavy (non-hydrogen) atoms. The number of hydrogen-bond donors (Lipinski definition) is 3. The van der Waals surface area contributed by atoms with E-state index in [1.54, 1.807) is 12.1 Å². The number of aromatic amines is 1. The van der Waals surface area contributed by atoms with E-state index in [4.69, 9.17) is 34.0 Å². The first-order valence-electron chi connectivity index (χ1n) is 4.53. The fourth-order valence-electron chi connectivity index (χ4n) is 1.48. The second-order valence-corrected chi connectivity index (χ2v) is 4.13. The maximum Gasteiger partial charge on any atom is 0.354 e. The lowest BCUT2D eigenvalue weighted by Crippen LogP contribution is -2.00. The van der Waals surface area contributed by atoms with Gasteiger partial charge in [-0.3, -0.25) is 5.10 Å². The van der Waals surface area contributed by atoms with Crippen LogP contribution in [0.4, 0.5) is 5.82 Å². The monoisotopic (exact) mass is 271 g/mol. The van der Waals surface area contributed by atoms with Crippen LogP contribution in [0, 0.1) is 0 Å². The molecule has 5 nitrogen and oxygen atoms in total. The van der Waals surface area contributed by atoms with Gasteiger partial charge in [0.15, 0.2) is 11.5 Å². The molecule has 4 N–H and O–H groups in total. The Morgan fingerprint density at radius 3 is 2.71 bits per heavy atom. The van der Waals surface area contributed by atoms with Crippen LogP contribution in [0.1, 0.15) is 10.5 Å². The number of halogens is 2. The topological polar surface area (TPSA) is 92.0 Å². The van der Waals surface area contributed by atoms with Gasteiger partial charge in [-0.15, -0.1) is 0 Å². The van der Waals surface area contributed by atoms with Crippen LogP contribution in [-0.2, 0) is 0 Å². The van der Waals surface area contributed by atoms with Crippen molar-refractivity contribution in [3.63, 3.8) is 0 Å². The van der Waals surface area contributed by atoms with Crippen LogP contribution in [0.25, 0.3) is 11.1 Å². The molecule has 1 aromatic carbocycles. The molecular formula is C10H7Cl2N3O2. The molecule has 88 valence electrons. The average Bonchev–Trinajstić information content (AvgIpc) is 2.60. The highest BCUT2D eigenvalue weighted by molar-refractivity contribution is 6.36. The first-order valence-corrected chi connectivity index (χ1v) is 5.29. The molecule has 0 bridgehead atoms. The molecule has 1 heterocycles. The van der Waals surface area contributed by atoms with Gasteiger partial charge in [0.2, 0.25) is 0 Å². The quantitative estimate of drug-likeness (QED) is 0.783. The minimum absolute atomic E-state index is 0.0756. The lowest BCUT2D eigenvalue weighted by molar-refractivity contribution is 0.0691. The van der Waals surface area contributed by atoms with E-state index < -0.39 is 5.97 Å². The zero-order valence-corrected chi connectivity index (χ0v) is 9.88. The number of aromatic nitrogens is 2. The van der Waals surface area contributed by atoms with E-state index in [1.807, 2.05) is 0 Å². The number of nitrogens with zero attached hydrogens (tertiary/aromatic N) is 1. The maximum atomic E-state index is 11.0. The molecule has 0 radical (unpaired) electrons. The molecule has 0 aliphatic rings. The number of hydrogen-bond acceptors (Lipinski definition) is 3. The van der Waals surface area contributed by atoms with Gasteiger partial charge in [0.25, 0.3) is 0 Å². The number of nitrogens with one attached hydrogen (secondary N) is 1. The molecule has 1 aromatic heterocycles. The second-order valence-electron chi connectivity index (χ2n) is 3.29. The van der Waals surface area contributed by atoms with Gasteiger partial charge in [-0.2, -0.15) is 5.10 Å². The number of aromatic carboxylic acids is 1. The third kappa shape index (κ3) is 2.07. The lowest BCUT2D eigenvalue weighted by atomic mass is 10.1. The molecule has 0 unspecified atom stereocenters. The molecule has 0 spiro atoms. The number of carboxylic acid groups (broad SMARTS) is 1. The van der Waals surface area contributed by atoms with E-state index in [2.05, 4.69) is 10.2 Å². The normalized spacial score (nSPS) is 10.5. The molecule has 2 aromatic rings. The fourth-order valence-corrected chi connectivity index (χ4v) is 1.98. The summed E-state index contributed by atoms with van der Waals surface area (Å²) in [6, 6.07) is 4.70. The van der Waals surface area contributed by atoms with Crippen molar-refractivity contribution in [2.75, 3.05) is 5.73 Å². The molecule has 0 aliphatic heterocycles. The van der Waals surface area contributed by atoms with E-state index in [0.29, 0.717) is 15.6 Å². The predicted molar refractivity (Wildman–Crippen MR) is 65.4 cm³/mol. The number of carboxylic acids is 1. The van der Waals surface area contributed by atoms with E-state index in [0.717, 1.165) is 0 Å². The molecule has 0 fully saturated rings. The van der Waals surface area contributed by atoms with Crippen LogP contribution in [0.2, 0.25) is 10.0 Å². The summed E-state index contributed by atoms with van der Waals surface area (Å²) in [5, 5.41) is 15.8. The predicted octanol–water partition coefficient (Wildman–Crippen LogP) is 2.66. The van der Waals surface area contributed by atoms with Crippen molar-refractivity contribution >= 4 is 35.0 Å². The highest BCUT2D eigenvalue weighted by Crippen LogP contribution is 2.35. The summed E-state index contributed by atoms with van der Waals surface area (Å²) in [6.07, 6.45) is 0. The molecule has 0 saturated heterocycles. The molecule has 7 heteroatoms. The third-order valence-electron chi connectivity index (χ3n) is 2.21. The van der Waals surface area contributed by atoms with Gasteiger partial charge in [-0.05, 0) is 12.1 Å². The molecule has 2 rings (SSSR count). The standard InChI is InChI=1S/C10H7Cl2N3O2/c11-4-1-2-5(6(12)3-4)7-8(10(16)17)14-15-9(7)13/h1-3H,(H,16,17)(H3,13,14,15). The van der Waals surface area contributed by atoms with Gasteiger partial charge in [0, 0.05) is 10.6 Å². The molecule has 0 saturated carbocycles. The maximum absolute atomic E-state index is 11.0. The number of nitrogens with two attached hydrogens (primary N) is 1. The van der Waals surface area contributed by atoms with Crippen LogP contribution in [0.3, 0.4) is 0 Å². The Morgan fingerprint density at radius 2 is 2.12 bits per heavy atom. The lowest BCUT2D eigenvalue weighted by Gasteiger charge is -2.04. The van der Waals surface area contributed by atoms with Crippen LogP contribution in [0.5, 0.6) is 0 Å². The summed E-state index contributed by atoms with van der Waals surface area (Å²) in [6.45, 7) is 0. The Kier molecular flexibility index (Phi) is 2.95. The van der Waals surface area contributed by atoms with E-state index in [9.17, 15) is 4.79 Å². The zero-order valence-electron chi connectivity index (χ0n) is 8.37. The third-order valence-corrected chi connectivity index (χ3v) is 2.76. The van der Waals surface area contributed by atoms with Crippen molar-refractivity contribution < 1.29 is 9.90 Å². The van der Waals surface area contributed by atoms with Gasteiger partial charge in [-0.25, -0.2) is 4.79 Å². The van der Waals surface area contributed by atoms with E-state index in [-0.39, 0.29) is 17.1 Å². The van der Waals surface area contributed by atoms with Gasteiger partial charge in [0.05, 0.1) is 10.6 Å². The highest BCUT2D eigenvalue weighted by atomic mass is 35.5. The van der Waals surface area contributed by atoms with E-state index in [1.165, 1.54) is 6.07 Å². The van der Waals surface area contributed by atoms with Gasteiger partial charge in [-0.1, -0.05) is 29.3 Å². The van der Waals surface area contributed by atoms with Crippen molar-refractivity contribution in [1.29, 1.82) is 0 Å². The van der Waals surface area contributed by atoms with Gasteiger partial charge < -0.3 is 10.8 Å². The van der Waals surface area contributed by atoms with Crippen LogP contribution >= 0.6 is 23.2 Å². The molecule has 0 aliphatic carbocycles. The minimum atomic E-state index is -1.16. The van der Waals surface area contributed by atoms with Crippen molar-refractivity contribution in [3.8, 4) is 11.1 Å². The number of anilines is 1. The summed E-state index contributed by atoms with van der Waals surface area (Å²) in [4.78, 5) is 11.0. The number of H-pyrrole nitrogens is 1. The zero-order chi connectivity index (χ0) is 12.6. The Hall–Kier alpha value is -1.72. The number of nitrogen functional groups attached to an aromatic ring is 1. The SMILES string of the molecule is Nc1n[nH]c(C(=O)O)c1-c1ccc(Cl)cc1Cl. The number of benzene rings is 1. The van der Waals surface area contributed by atoms with Crippen molar-refractivity contribution in [2.24, 2.45) is 0 Å². The van der Waals surface area contributed by atoms with Crippen LogP contribution in [-0.4, -0.2) is 21.3 Å². The Labute approximate surface area is 106 Å². The number of rotatable bonds is 2. The summed E-state index contributed by atoms with van der Waals surface area (Å²) < 4.78 is 0. The van der Waals surface area contributed by atoms with Crippen molar-refractivity contribution in [2.45, 2.75) is 0 Å². The second kappa shape index (κ2) is 4.27. The summed E-state index contributed by atoms with van der Waals surface area (Å²) >= 11 is 11.8. The van der Waals surface area contributed by atoms with E-state index >= 15 is 0 Å². The summed E-state index contributed by atoms with van der Waals surface area (Å²) in [5.74, 6) is -1.08. The average molecular weight is 272 g/mol. The van der Waals surface area contributed by atoms with Crippen molar-refractivity contribution in [3.05, 3.63) is 33.9 Å². The van der Waals surface area contributed by atoms with Gasteiger partial charge in [0.1, 0.15) is 0 Å². The van der Waals surface area contributed by atoms with Crippen LogP contribution < -0.4 is 5.73 Å². The van der Waals surface area contributed by atoms with Gasteiger partial charge >= 0.3 is 5.97 Å². The Bertz CT molecular complexity index is 595. The smallest absolute Gasteiger partial charge is 0.354 e. The number of carbonyl (C=O) groups is 1. The summed E-state index contributed by atoms with van der Waals surface area (Å²) in [7, 11) is 0. The first kappa shape index (κ1) is 11.8. The highest BCUT2D eigenvalue weighted by Gasteiger charge is 2.20.